The molecule has 4 heterocycles. The average molecular weight is 544 g/mol. The van der Waals surface area contributed by atoms with Crippen molar-refractivity contribution in [3.05, 3.63) is 29.8 Å². The molecule has 2 aliphatic heterocycles. The Bertz CT molecular complexity index is 1390. The van der Waals surface area contributed by atoms with Crippen LogP contribution in [0, 0.1) is 0 Å². The van der Waals surface area contributed by atoms with Gasteiger partial charge in [0.25, 0.3) is 6.43 Å². The van der Waals surface area contributed by atoms with Crippen LogP contribution in [0.15, 0.2) is 28.2 Å². The van der Waals surface area contributed by atoms with E-state index in [-0.39, 0.29) is 23.8 Å². The number of aliphatic imine (C=N–C) groups is 2. The van der Waals surface area contributed by atoms with Crippen LogP contribution in [0.1, 0.15) is 18.1 Å². The number of para-hydroxylation sites is 1. The lowest BCUT2D eigenvalue weighted by atomic mass is 10.0. The van der Waals surface area contributed by atoms with E-state index in [4.69, 9.17) is 15.2 Å². The number of imidazole rings is 1. The van der Waals surface area contributed by atoms with Gasteiger partial charge in [-0.25, -0.2) is 23.7 Å². The first-order valence-electron chi connectivity index (χ1n) is 12.5. The lowest BCUT2D eigenvalue weighted by Crippen LogP contribution is -2.48. The minimum absolute atomic E-state index is 0.0374. The summed E-state index contributed by atoms with van der Waals surface area (Å²) in [5.74, 6) is 0.694. The first-order chi connectivity index (χ1) is 18.8. The molecule has 3 aromatic rings. The van der Waals surface area contributed by atoms with Crippen molar-refractivity contribution in [1.29, 1.82) is 0 Å². The number of rotatable bonds is 8. The number of ether oxygens (including phenoxy) is 2. The molecule has 3 N–H and O–H groups in total. The molecule has 0 saturated carbocycles. The van der Waals surface area contributed by atoms with Crippen LogP contribution in [0.2, 0.25) is 0 Å². The number of benzene rings is 1. The number of nitrogens with one attached hydrogen (secondary N) is 1. The Balaban J connectivity index is 1.59. The third-order valence-corrected chi connectivity index (χ3v) is 6.36. The molecule has 1 atom stereocenters. The van der Waals surface area contributed by atoms with E-state index in [1.54, 1.807) is 18.2 Å². The summed E-state index contributed by atoms with van der Waals surface area (Å²) < 4.78 is 40.6. The average Bonchev–Trinajstić information content (AvgIpc) is 3.35. The van der Waals surface area contributed by atoms with Gasteiger partial charge in [-0.2, -0.15) is 15.0 Å². The topological polar surface area (TPSA) is 144 Å². The smallest absolute Gasteiger partial charge is 0.296 e. The molecule has 0 aliphatic carbocycles. The number of morpholine rings is 1. The van der Waals surface area contributed by atoms with E-state index >= 15 is 0 Å². The highest BCUT2D eigenvalue weighted by Crippen LogP contribution is 2.32. The summed E-state index contributed by atoms with van der Waals surface area (Å²) in [4.78, 5) is 30.8. The Kier molecular flexibility index (Phi) is 7.63. The molecule has 13 nitrogen and oxygen atoms in total. The van der Waals surface area contributed by atoms with Crippen molar-refractivity contribution >= 4 is 29.2 Å². The second-order valence-electron chi connectivity index (χ2n) is 9.46. The summed E-state index contributed by atoms with van der Waals surface area (Å²) in [6, 6.07) is 5.00. The van der Waals surface area contributed by atoms with Crippen molar-refractivity contribution in [2.45, 2.75) is 12.0 Å². The van der Waals surface area contributed by atoms with E-state index < -0.39 is 17.8 Å². The fraction of sp³-hybridized carbons (Fsp3) is 0.500. The van der Waals surface area contributed by atoms with Crippen molar-refractivity contribution < 1.29 is 18.3 Å². The zero-order valence-electron chi connectivity index (χ0n) is 22.0. The number of nitrogens with two attached hydrogens (primary N) is 1. The summed E-state index contributed by atoms with van der Waals surface area (Å²) in [5, 5.41) is 3.16. The number of aromatic nitrogens is 5. The van der Waals surface area contributed by atoms with Crippen LogP contribution >= 0.6 is 0 Å². The van der Waals surface area contributed by atoms with Gasteiger partial charge in [-0.15, -0.1) is 0 Å². The van der Waals surface area contributed by atoms with Gasteiger partial charge in [-0.1, -0.05) is 6.07 Å². The molecule has 15 heteroatoms. The number of hydrogen-bond acceptors (Lipinski definition) is 12. The molecule has 1 unspecified atom stereocenters. The van der Waals surface area contributed by atoms with E-state index in [9.17, 15) is 8.78 Å². The van der Waals surface area contributed by atoms with Gasteiger partial charge < -0.3 is 30.3 Å². The monoisotopic (exact) mass is 543 g/mol. The molecule has 2 aliphatic rings. The van der Waals surface area contributed by atoms with Crippen molar-refractivity contribution in [3.63, 3.8) is 0 Å². The molecule has 2 aromatic heterocycles. The number of methoxy groups -OCH3 is 1. The summed E-state index contributed by atoms with van der Waals surface area (Å²) in [7, 11) is 5.40. The van der Waals surface area contributed by atoms with Crippen molar-refractivity contribution in [1.82, 2.24) is 34.7 Å². The maximum Gasteiger partial charge on any atom is 0.296 e. The van der Waals surface area contributed by atoms with Crippen LogP contribution in [0.5, 0.6) is 5.75 Å². The minimum atomic E-state index is -2.90. The second kappa shape index (κ2) is 11.1. The Labute approximate surface area is 223 Å². The summed E-state index contributed by atoms with van der Waals surface area (Å²) in [5.41, 5.74) is 6.06. The molecule has 0 radical (unpaired) electrons. The minimum Gasteiger partial charge on any atom is -0.494 e. The summed E-state index contributed by atoms with van der Waals surface area (Å²) >= 11 is 0. The quantitative estimate of drug-likeness (QED) is 0.417. The second-order valence-corrected chi connectivity index (χ2v) is 9.46. The van der Waals surface area contributed by atoms with Crippen molar-refractivity contribution in [2.75, 3.05) is 72.0 Å². The SMILES string of the molecule is COc1cccc2c1nc(C(F)F)n2-c1nc(N2CCOCC2)nc(C2(N)C=NC(NCCN(C)C)=NC2)n1. The van der Waals surface area contributed by atoms with Gasteiger partial charge in [0.1, 0.15) is 16.8 Å². The first-order valence-corrected chi connectivity index (χ1v) is 12.5. The third-order valence-electron chi connectivity index (χ3n) is 6.36. The predicted molar refractivity (Wildman–Crippen MR) is 142 cm³/mol. The fourth-order valence-electron chi connectivity index (χ4n) is 4.26. The van der Waals surface area contributed by atoms with Crippen molar-refractivity contribution in [3.8, 4) is 11.7 Å². The highest BCUT2D eigenvalue weighted by atomic mass is 19.3. The number of hydrogen-bond donors (Lipinski definition) is 2. The van der Waals surface area contributed by atoms with Gasteiger partial charge in [-0.3, -0.25) is 4.57 Å². The third kappa shape index (κ3) is 5.51. The summed E-state index contributed by atoms with van der Waals surface area (Å²) in [6.07, 6.45) is -1.37. The number of anilines is 1. The van der Waals surface area contributed by atoms with Gasteiger partial charge in [0.05, 0.1) is 32.4 Å². The van der Waals surface area contributed by atoms with Gasteiger partial charge >= 0.3 is 0 Å². The fourth-order valence-corrected chi connectivity index (χ4v) is 4.26. The lowest BCUT2D eigenvalue weighted by Gasteiger charge is -2.29. The molecule has 0 bridgehead atoms. The Morgan fingerprint density at radius 3 is 2.59 bits per heavy atom. The van der Waals surface area contributed by atoms with Crippen LogP contribution in [-0.2, 0) is 10.3 Å². The molecule has 1 fully saturated rings. The van der Waals surface area contributed by atoms with E-state index in [0.717, 1.165) is 6.54 Å². The molecule has 39 heavy (non-hydrogen) atoms. The van der Waals surface area contributed by atoms with Gasteiger partial charge in [0, 0.05) is 32.4 Å². The van der Waals surface area contributed by atoms with Crippen LogP contribution in [0.4, 0.5) is 14.7 Å². The van der Waals surface area contributed by atoms with E-state index in [2.05, 4.69) is 35.2 Å². The largest absolute Gasteiger partial charge is 0.494 e. The molecule has 0 spiro atoms. The number of halogens is 2. The molecular weight excluding hydrogens is 512 g/mol. The van der Waals surface area contributed by atoms with E-state index in [1.165, 1.54) is 17.9 Å². The van der Waals surface area contributed by atoms with Crippen LogP contribution in [0.25, 0.3) is 17.0 Å². The zero-order valence-corrected chi connectivity index (χ0v) is 22.0. The van der Waals surface area contributed by atoms with Gasteiger partial charge in [0.2, 0.25) is 17.9 Å². The van der Waals surface area contributed by atoms with E-state index in [0.29, 0.717) is 56.0 Å². The van der Waals surface area contributed by atoms with Crippen molar-refractivity contribution in [2.24, 2.45) is 15.7 Å². The number of nitrogens with zero attached hydrogens (tertiary/aromatic N) is 9. The zero-order chi connectivity index (χ0) is 27.6. The van der Waals surface area contributed by atoms with Crippen LogP contribution in [0.3, 0.4) is 0 Å². The maximum atomic E-state index is 14.3. The van der Waals surface area contributed by atoms with Crippen LogP contribution in [-0.4, -0.2) is 109 Å². The summed E-state index contributed by atoms with van der Waals surface area (Å²) in [6.45, 7) is 3.56. The molecular formula is C24H31F2N11O2. The number of guanidine groups is 1. The van der Waals surface area contributed by atoms with Crippen LogP contribution < -0.4 is 20.7 Å². The molecule has 5 rings (SSSR count). The molecule has 1 saturated heterocycles. The highest BCUT2D eigenvalue weighted by Gasteiger charge is 2.34. The Morgan fingerprint density at radius 1 is 1.15 bits per heavy atom. The standard InChI is InChI=1S/C24H31F2N11O2/c1-35(2)8-7-28-21-29-13-24(27,14-30-21)20-32-22(36-9-11-39-12-10-36)34-23(33-20)37-15-5-4-6-16(38-3)17(15)31-19(37)18(25)26/h4-6,13,18H,7-12,14,27H2,1-3H3,(H,28,30). The maximum absolute atomic E-state index is 14.3. The highest BCUT2D eigenvalue weighted by molar-refractivity contribution is 5.93. The van der Waals surface area contributed by atoms with Gasteiger partial charge in [0.15, 0.2) is 11.6 Å². The number of likely N-dealkylation sites (N-methyl/N-ethyl adjacent to an activating group) is 1. The lowest BCUT2D eigenvalue weighted by molar-refractivity contribution is 0.122. The normalized spacial score (nSPS) is 19.7. The molecule has 1 aromatic carbocycles. The molecule has 0 amide bonds. The number of fused-ring (bicyclic) bond motifs is 1. The Morgan fingerprint density at radius 2 is 1.92 bits per heavy atom. The Hall–Kier alpha value is -3.82. The van der Waals surface area contributed by atoms with Gasteiger partial charge in [-0.05, 0) is 26.2 Å². The predicted octanol–water partition coefficient (Wildman–Crippen LogP) is 0.739. The first kappa shape index (κ1) is 26.8. The number of alkyl halides is 2. The molecule has 208 valence electrons. The van der Waals surface area contributed by atoms with E-state index in [1.807, 2.05) is 23.9 Å².